The molecule has 230 valence electrons. The average Bonchev–Trinajstić information content (AvgIpc) is 2.86. The van der Waals surface area contributed by atoms with E-state index in [1.165, 1.54) is 0 Å². The largest absolute Gasteiger partial charge is 0.444 e. The first-order valence-corrected chi connectivity index (χ1v) is 13.8. The number of anilines is 3. The maximum Gasteiger partial charge on any atom is 0.418 e. The third-order valence-corrected chi connectivity index (χ3v) is 5.99. The molecular formula is C32H37F3N4O4. The van der Waals surface area contributed by atoms with Crippen molar-refractivity contribution in [3.05, 3.63) is 71.0 Å². The van der Waals surface area contributed by atoms with Crippen LogP contribution < -0.4 is 16.0 Å². The minimum absolute atomic E-state index is 0.0267. The molecule has 0 aliphatic rings. The van der Waals surface area contributed by atoms with E-state index in [4.69, 9.17) is 4.74 Å². The van der Waals surface area contributed by atoms with Crippen molar-refractivity contribution in [1.29, 1.82) is 0 Å². The van der Waals surface area contributed by atoms with Crippen molar-refractivity contribution in [3.8, 4) is 11.1 Å². The minimum Gasteiger partial charge on any atom is -0.444 e. The van der Waals surface area contributed by atoms with Crippen molar-refractivity contribution in [2.45, 2.75) is 66.7 Å². The Morgan fingerprint density at radius 2 is 1.49 bits per heavy atom. The zero-order valence-corrected chi connectivity index (χ0v) is 25.3. The van der Waals surface area contributed by atoms with E-state index in [1.54, 1.807) is 39.0 Å². The predicted molar refractivity (Wildman–Crippen MR) is 161 cm³/mol. The second kappa shape index (κ2) is 13.3. The Hall–Kier alpha value is -4.41. The molecule has 0 radical (unpaired) electrons. The average molecular weight is 599 g/mol. The quantitative estimate of drug-likeness (QED) is 0.170. The molecule has 0 bridgehead atoms. The lowest BCUT2D eigenvalue weighted by Crippen LogP contribution is -2.28. The zero-order valence-electron chi connectivity index (χ0n) is 25.3. The van der Waals surface area contributed by atoms with Crippen LogP contribution in [0.25, 0.3) is 11.1 Å². The van der Waals surface area contributed by atoms with Gasteiger partial charge < -0.3 is 15.4 Å². The number of carbonyl (C=O) groups excluding carboxylic acids is 3. The lowest BCUT2D eigenvalue weighted by molar-refractivity contribution is -0.137. The molecule has 1 aromatic heterocycles. The molecule has 0 spiro atoms. The summed E-state index contributed by atoms with van der Waals surface area (Å²) >= 11 is 0. The Labute approximate surface area is 249 Å². The van der Waals surface area contributed by atoms with E-state index in [0.29, 0.717) is 0 Å². The number of carbonyl (C=O) groups is 3. The molecule has 2 aromatic carbocycles. The first-order valence-electron chi connectivity index (χ1n) is 13.8. The van der Waals surface area contributed by atoms with Gasteiger partial charge in [-0.3, -0.25) is 19.9 Å². The van der Waals surface area contributed by atoms with Gasteiger partial charge in [-0.05, 0) is 82.0 Å². The number of aromatic nitrogens is 1. The second-order valence-electron chi connectivity index (χ2n) is 11.7. The number of ketones is 1. The molecule has 3 rings (SSSR count). The zero-order chi connectivity index (χ0) is 32.1. The molecule has 3 aromatic rings. The van der Waals surface area contributed by atoms with E-state index in [9.17, 15) is 27.6 Å². The monoisotopic (exact) mass is 598 g/mol. The fraction of sp³-hybridized carbons (Fsp3) is 0.375. The number of benzene rings is 2. The lowest BCUT2D eigenvalue weighted by Gasteiger charge is -2.23. The van der Waals surface area contributed by atoms with Gasteiger partial charge in [-0.25, -0.2) is 4.79 Å². The summed E-state index contributed by atoms with van der Waals surface area (Å²) in [5, 5.41) is 7.56. The summed E-state index contributed by atoms with van der Waals surface area (Å²) in [6.45, 7) is 12.5. The van der Waals surface area contributed by atoms with E-state index >= 15 is 0 Å². The number of alkyl halides is 3. The summed E-state index contributed by atoms with van der Waals surface area (Å²) in [7, 11) is 0. The summed E-state index contributed by atoms with van der Waals surface area (Å²) in [5.74, 6) is -1.36. The maximum absolute atomic E-state index is 14.0. The Balaban J connectivity index is 1.91. The van der Waals surface area contributed by atoms with E-state index in [1.807, 2.05) is 45.9 Å². The molecule has 8 nitrogen and oxygen atoms in total. The molecular weight excluding hydrogens is 561 g/mol. The van der Waals surface area contributed by atoms with Crippen LogP contribution in [0.3, 0.4) is 0 Å². The topological polar surface area (TPSA) is 109 Å². The van der Waals surface area contributed by atoms with E-state index in [-0.39, 0.29) is 35.1 Å². The molecule has 2 amide bonds. The van der Waals surface area contributed by atoms with Gasteiger partial charge >= 0.3 is 12.3 Å². The van der Waals surface area contributed by atoms with Crippen molar-refractivity contribution in [2.24, 2.45) is 5.92 Å². The highest BCUT2D eigenvalue weighted by Crippen LogP contribution is 2.40. The molecule has 11 heteroatoms. The molecule has 0 atom stereocenters. The number of Topliss-reactive ketones (excluding diaryl/α,β-unsaturated/α-hetero) is 1. The number of amides is 2. The van der Waals surface area contributed by atoms with Crippen molar-refractivity contribution >= 4 is 34.8 Å². The highest BCUT2D eigenvalue weighted by atomic mass is 19.4. The van der Waals surface area contributed by atoms with Crippen LogP contribution >= 0.6 is 0 Å². The SMILES string of the molecule is Cc1cc(-c2cccc(C(=O)CC(=O)Nc3cc(C(F)(F)F)c(NCC(C)C)cc3NC(=O)OC(C)(C)C)c2)cc(C)n1. The standard InChI is InChI=1S/C32H37F3N4O4/c1-18(2)17-36-25-15-27(39-30(42)43-31(5,6)7)26(14-24(25)32(33,34)35)38-29(41)16-28(40)22-10-8-9-21(13-22)23-11-19(3)37-20(4)12-23/h8-15,18,36H,16-17H2,1-7H3,(H,38,41)(H,39,42). The predicted octanol–water partition coefficient (Wildman–Crippen LogP) is 8.01. The van der Waals surface area contributed by atoms with Gasteiger partial charge in [0.25, 0.3) is 0 Å². The van der Waals surface area contributed by atoms with Gasteiger partial charge in [-0.15, -0.1) is 0 Å². The number of ether oxygens (including phenoxy) is 1. The number of aryl methyl sites for hydroxylation is 2. The Bertz CT molecular complexity index is 1490. The van der Waals surface area contributed by atoms with Crippen LogP contribution in [0.4, 0.5) is 35.0 Å². The minimum atomic E-state index is -4.77. The van der Waals surface area contributed by atoms with E-state index in [0.717, 1.165) is 34.6 Å². The van der Waals surface area contributed by atoms with Gasteiger partial charge in [0.2, 0.25) is 5.91 Å². The summed E-state index contributed by atoms with van der Waals surface area (Å²) in [4.78, 5) is 42.9. The smallest absolute Gasteiger partial charge is 0.418 e. The number of hydrogen-bond acceptors (Lipinski definition) is 6. The van der Waals surface area contributed by atoms with Gasteiger partial charge in [0.1, 0.15) is 5.60 Å². The van der Waals surface area contributed by atoms with Crippen LogP contribution in [0.15, 0.2) is 48.5 Å². The van der Waals surface area contributed by atoms with Gasteiger partial charge in [0, 0.05) is 29.2 Å². The molecule has 0 saturated carbocycles. The molecule has 1 heterocycles. The van der Waals surface area contributed by atoms with Crippen LogP contribution in [-0.4, -0.2) is 34.9 Å². The van der Waals surface area contributed by atoms with Gasteiger partial charge in [0.15, 0.2) is 5.78 Å². The fourth-order valence-corrected chi connectivity index (χ4v) is 4.23. The maximum atomic E-state index is 14.0. The first kappa shape index (κ1) is 33.1. The molecule has 0 fully saturated rings. The van der Waals surface area contributed by atoms with Crippen molar-refractivity contribution in [3.63, 3.8) is 0 Å². The number of nitrogens with one attached hydrogen (secondary N) is 3. The summed E-state index contributed by atoms with van der Waals surface area (Å²) < 4.78 is 47.4. The normalized spacial score (nSPS) is 11.7. The molecule has 3 N–H and O–H groups in total. The highest BCUT2D eigenvalue weighted by Gasteiger charge is 2.35. The number of nitrogens with zero attached hydrogens (tertiary/aromatic N) is 1. The van der Waals surface area contributed by atoms with Crippen LogP contribution in [0.2, 0.25) is 0 Å². The van der Waals surface area contributed by atoms with Crippen LogP contribution in [0, 0.1) is 19.8 Å². The Morgan fingerprint density at radius 3 is 2.07 bits per heavy atom. The van der Waals surface area contributed by atoms with Crippen LogP contribution in [0.1, 0.15) is 68.3 Å². The summed E-state index contributed by atoms with van der Waals surface area (Å²) in [6, 6.07) is 12.3. The van der Waals surface area contributed by atoms with E-state index < -0.39 is 41.5 Å². The first-order chi connectivity index (χ1) is 19.9. The van der Waals surface area contributed by atoms with Gasteiger partial charge in [0.05, 0.1) is 23.4 Å². The fourth-order valence-electron chi connectivity index (χ4n) is 4.23. The molecule has 43 heavy (non-hydrogen) atoms. The third-order valence-electron chi connectivity index (χ3n) is 5.99. The van der Waals surface area contributed by atoms with Crippen molar-refractivity contribution < 1.29 is 32.3 Å². The van der Waals surface area contributed by atoms with Crippen molar-refractivity contribution in [1.82, 2.24) is 4.98 Å². The molecule has 0 aliphatic carbocycles. The van der Waals surface area contributed by atoms with Gasteiger partial charge in [-0.2, -0.15) is 13.2 Å². The van der Waals surface area contributed by atoms with Gasteiger partial charge in [-0.1, -0.05) is 32.0 Å². The summed E-state index contributed by atoms with van der Waals surface area (Å²) in [6.07, 6.45) is -6.34. The lowest BCUT2D eigenvalue weighted by atomic mass is 9.99. The Kier molecular flexibility index (Phi) is 10.2. The summed E-state index contributed by atoms with van der Waals surface area (Å²) in [5.41, 5.74) is 0.831. The van der Waals surface area contributed by atoms with Crippen molar-refractivity contribution in [2.75, 3.05) is 22.5 Å². The number of pyridine rings is 1. The molecule has 0 unspecified atom stereocenters. The molecule has 0 aliphatic heterocycles. The number of hydrogen-bond donors (Lipinski definition) is 3. The number of rotatable bonds is 9. The van der Waals surface area contributed by atoms with Crippen LogP contribution in [-0.2, 0) is 15.7 Å². The second-order valence-corrected chi connectivity index (χ2v) is 11.7. The van der Waals surface area contributed by atoms with Crippen LogP contribution in [0.5, 0.6) is 0 Å². The highest BCUT2D eigenvalue weighted by molar-refractivity contribution is 6.12. The molecule has 0 saturated heterocycles. The Morgan fingerprint density at radius 1 is 0.860 bits per heavy atom. The third kappa shape index (κ3) is 9.83. The van der Waals surface area contributed by atoms with E-state index in [2.05, 4.69) is 20.9 Å². The number of halogens is 3.